The quantitative estimate of drug-likeness (QED) is 0.400. The predicted molar refractivity (Wildman–Crippen MR) is 130 cm³/mol. The van der Waals surface area contributed by atoms with Crippen molar-refractivity contribution < 1.29 is 33.5 Å². The molecule has 11 heteroatoms. The lowest BCUT2D eigenvalue weighted by Crippen LogP contribution is -2.43. The topological polar surface area (TPSA) is 131 Å². The molecule has 0 radical (unpaired) electrons. The van der Waals surface area contributed by atoms with Crippen molar-refractivity contribution in [2.75, 3.05) is 13.1 Å². The Kier molecular flexibility index (Phi) is 8.29. The van der Waals surface area contributed by atoms with Gasteiger partial charge in [-0.15, -0.1) is 0 Å². The molecule has 36 heavy (non-hydrogen) atoms. The summed E-state index contributed by atoms with van der Waals surface area (Å²) < 4.78 is 16.1. The molecule has 0 fully saturated rings. The first kappa shape index (κ1) is 27.1. The standard InChI is InChI=1S/C25H30ClN3O7/c1-14-17(15(2)36-28-14)13-34-20-7-6-16(10-18(20)26)12-29-9-8-19(30)22(24(29)33)23(32)27-11-21(31)35-25(3,4)5/h6-7,10,30H,8-9,11-13H2,1-5H3,(H,27,32). The molecule has 3 rings (SSSR count). The van der Waals surface area contributed by atoms with Gasteiger partial charge in [-0.2, -0.15) is 0 Å². The van der Waals surface area contributed by atoms with Crippen LogP contribution in [0.15, 0.2) is 34.1 Å². The fraction of sp³-hybridized carbons (Fsp3) is 0.440. The van der Waals surface area contributed by atoms with Crippen molar-refractivity contribution in [1.82, 2.24) is 15.4 Å². The molecule has 1 aromatic heterocycles. The summed E-state index contributed by atoms with van der Waals surface area (Å²) in [5.41, 5.74) is 1.20. The van der Waals surface area contributed by atoms with Crippen molar-refractivity contribution in [3.8, 4) is 5.75 Å². The molecule has 10 nitrogen and oxygen atoms in total. The fourth-order valence-corrected chi connectivity index (χ4v) is 3.84. The number of aryl methyl sites for hydroxylation is 2. The van der Waals surface area contributed by atoms with Crippen LogP contribution < -0.4 is 10.1 Å². The van der Waals surface area contributed by atoms with E-state index in [9.17, 15) is 19.5 Å². The van der Waals surface area contributed by atoms with Gasteiger partial charge >= 0.3 is 5.97 Å². The van der Waals surface area contributed by atoms with Gasteiger partial charge in [0.15, 0.2) is 0 Å². The summed E-state index contributed by atoms with van der Waals surface area (Å²) in [6.07, 6.45) is 0.104. The first-order chi connectivity index (χ1) is 16.9. The van der Waals surface area contributed by atoms with Crippen molar-refractivity contribution in [1.29, 1.82) is 0 Å². The SMILES string of the molecule is Cc1noc(C)c1COc1ccc(CN2CCC(O)=C(C(=O)NCC(=O)OC(C)(C)C)C2=O)cc1Cl. The Balaban J connectivity index is 1.62. The van der Waals surface area contributed by atoms with Crippen LogP contribution in [0.3, 0.4) is 0 Å². The summed E-state index contributed by atoms with van der Waals surface area (Å²) in [5, 5.41) is 16.8. The number of nitrogens with one attached hydrogen (secondary N) is 1. The van der Waals surface area contributed by atoms with Gasteiger partial charge in [-0.05, 0) is 52.3 Å². The first-order valence-corrected chi connectivity index (χ1v) is 11.8. The van der Waals surface area contributed by atoms with Gasteiger partial charge in [-0.1, -0.05) is 22.8 Å². The lowest BCUT2D eigenvalue weighted by atomic mass is 10.0. The van der Waals surface area contributed by atoms with Crippen LogP contribution in [0, 0.1) is 13.8 Å². The van der Waals surface area contributed by atoms with Crippen LogP contribution in [-0.4, -0.2) is 51.6 Å². The van der Waals surface area contributed by atoms with Gasteiger partial charge in [-0.25, -0.2) is 0 Å². The van der Waals surface area contributed by atoms with Gasteiger partial charge in [0.1, 0.15) is 41.6 Å². The molecule has 2 amide bonds. The molecule has 2 heterocycles. The highest BCUT2D eigenvalue weighted by atomic mass is 35.5. The van der Waals surface area contributed by atoms with E-state index in [-0.39, 0.29) is 31.9 Å². The molecule has 2 N–H and O–H groups in total. The highest BCUT2D eigenvalue weighted by Gasteiger charge is 2.32. The maximum atomic E-state index is 13.0. The minimum Gasteiger partial charge on any atom is -0.511 e. The van der Waals surface area contributed by atoms with E-state index in [2.05, 4.69) is 10.5 Å². The summed E-state index contributed by atoms with van der Waals surface area (Å²) >= 11 is 6.40. The molecule has 0 atom stereocenters. The summed E-state index contributed by atoms with van der Waals surface area (Å²) in [6, 6.07) is 5.15. The van der Waals surface area contributed by atoms with Crippen molar-refractivity contribution in [3.05, 3.63) is 57.1 Å². The van der Waals surface area contributed by atoms with Crippen LogP contribution in [0.2, 0.25) is 5.02 Å². The zero-order valence-electron chi connectivity index (χ0n) is 20.9. The average Bonchev–Trinajstić information content (AvgIpc) is 3.10. The maximum Gasteiger partial charge on any atom is 0.325 e. The highest BCUT2D eigenvalue weighted by Crippen LogP contribution is 2.28. The second kappa shape index (κ2) is 11.0. The van der Waals surface area contributed by atoms with Crippen LogP contribution in [-0.2, 0) is 32.3 Å². The molecular weight excluding hydrogens is 490 g/mol. The molecule has 0 bridgehead atoms. The van der Waals surface area contributed by atoms with Gasteiger partial charge in [0.05, 0.1) is 16.3 Å². The Bertz CT molecular complexity index is 1180. The lowest BCUT2D eigenvalue weighted by Gasteiger charge is -2.28. The average molecular weight is 520 g/mol. The van der Waals surface area contributed by atoms with Gasteiger partial charge in [-0.3, -0.25) is 14.4 Å². The summed E-state index contributed by atoms with van der Waals surface area (Å²) in [4.78, 5) is 38.8. The van der Waals surface area contributed by atoms with Crippen LogP contribution in [0.1, 0.15) is 49.8 Å². The second-order valence-electron chi connectivity index (χ2n) is 9.42. The van der Waals surface area contributed by atoms with Gasteiger partial charge in [0, 0.05) is 19.5 Å². The lowest BCUT2D eigenvalue weighted by molar-refractivity contribution is -0.154. The normalized spacial score (nSPS) is 14.2. The van der Waals surface area contributed by atoms with Crippen molar-refractivity contribution in [3.63, 3.8) is 0 Å². The van der Waals surface area contributed by atoms with E-state index in [4.69, 9.17) is 25.6 Å². The molecule has 194 valence electrons. The number of aliphatic hydroxyl groups excluding tert-OH is 1. The minimum atomic E-state index is -0.839. The van der Waals surface area contributed by atoms with E-state index in [1.165, 1.54) is 4.90 Å². The second-order valence-corrected chi connectivity index (χ2v) is 9.83. The van der Waals surface area contributed by atoms with Crippen molar-refractivity contribution in [2.45, 2.75) is 59.8 Å². The highest BCUT2D eigenvalue weighted by molar-refractivity contribution is 6.32. The van der Waals surface area contributed by atoms with E-state index in [1.54, 1.807) is 45.9 Å². The number of esters is 1. The zero-order chi connectivity index (χ0) is 26.6. The molecule has 1 aliphatic heterocycles. The number of amides is 2. The predicted octanol–water partition coefficient (Wildman–Crippen LogP) is 3.53. The number of hydrogen-bond donors (Lipinski definition) is 2. The fourth-order valence-electron chi connectivity index (χ4n) is 3.58. The number of halogens is 1. The van der Waals surface area contributed by atoms with E-state index >= 15 is 0 Å². The Morgan fingerprint density at radius 3 is 2.61 bits per heavy atom. The third-order valence-electron chi connectivity index (χ3n) is 5.37. The van der Waals surface area contributed by atoms with Gasteiger partial charge < -0.3 is 29.3 Å². The number of benzene rings is 1. The molecule has 0 saturated heterocycles. The molecule has 1 aromatic carbocycles. The smallest absolute Gasteiger partial charge is 0.325 e. The van der Waals surface area contributed by atoms with Crippen LogP contribution >= 0.6 is 11.6 Å². The number of aromatic nitrogens is 1. The number of aliphatic hydroxyl groups is 1. The van der Waals surface area contributed by atoms with Gasteiger partial charge in [0.25, 0.3) is 11.8 Å². The van der Waals surface area contributed by atoms with Crippen LogP contribution in [0.5, 0.6) is 5.75 Å². The minimum absolute atomic E-state index is 0.104. The molecular formula is C25H30ClN3O7. The number of carbonyl (C=O) groups is 3. The molecule has 0 aliphatic carbocycles. The molecule has 1 aliphatic rings. The molecule has 0 spiro atoms. The first-order valence-electron chi connectivity index (χ1n) is 11.4. The number of nitrogens with zero attached hydrogens (tertiary/aromatic N) is 2. The maximum absolute atomic E-state index is 13.0. The monoisotopic (exact) mass is 519 g/mol. The largest absolute Gasteiger partial charge is 0.511 e. The molecule has 0 unspecified atom stereocenters. The Hall–Kier alpha value is -3.53. The summed E-state index contributed by atoms with van der Waals surface area (Å²) in [5.74, 6) is -1.32. The Morgan fingerprint density at radius 1 is 1.28 bits per heavy atom. The number of ether oxygens (including phenoxy) is 2. The number of rotatable bonds is 8. The molecule has 2 aromatic rings. The third kappa shape index (κ3) is 6.78. The summed E-state index contributed by atoms with van der Waals surface area (Å²) in [7, 11) is 0. The van der Waals surface area contributed by atoms with E-state index in [1.807, 2.05) is 6.92 Å². The van der Waals surface area contributed by atoms with E-state index < -0.39 is 35.5 Å². The van der Waals surface area contributed by atoms with Gasteiger partial charge in [0.2, 0.25) is 0 Å². The Labute approximate surface area is 214 Å². The molecule has 0 saturated carbocycles. The number of hydrogen-bond acceptors (Lipinski definition) is 8. The van der Waals surface area contributed by atoms with Crippen molar-refractivity contribution in [2.24, 2.45) is 0 Å². The third-order valence-corrected chi connectivity index (χ3v) is 5.67. The Morgan fingerprint density at radius 2 is 2.00 bits per heavy atom. The van der Waals surface area contributed by atoms with Crippen LogP contribution in [0.4, 0.5) is 0 Å². The zero-order valence-corrected chi connectivity index (χ0v) is 21.7. The summed E-state index contributed by atoms with van der Waals surface area (Å²) in [6.45, 7) is 8.94. The van der Waals surface area contributed by atoms with E-state index in [0.29, 0.717) is 22.1 Å². The van der Waals surface area contributed by atoms with E-state index in [0.717, 1.165) is 11.3 Å². The van der Waals surface area contributed by atoms with Crippen LogP contribution in [0.25, 0.3) is 0 Å². The number of carbonyl (C=O) groups excluding carboxylic acids is 3. The van der Waals surface area contributed by atoms with Crippen molar-refractivity contribution >= 4 is 29.4 Å².